The third-order valence-corrected chi connectivity index (χ3v) is 5.49. The van der Waals surface area contributed by atoms with Crippen LogP contribution in [0, 0.1) is 10.1 Å². The highest BCUT2D eigenvalue weighted by molar-refractivity contribution is 6.39. The van der Waals surface area contributed by atoms with Crippen LogP contribution < -0.4 is 0 Å². The standard InChI is InChI=1S/C20H20Cl2N4O4/c21-16-5-1-14(2-6-16)19(15-3-7-17(22)8-4-15)24-9-11-25(12-10-24)20(27)18(23-28)13-26(29)30/h1-8,19,28H,9-13H2. The zero-order valence-corrected chi connectivity index (χ0v) is 17.5. The summed E-state index contributed by atoms with van der Waals surface area (Å²) < 4.78 is 0. The topological polar surface area (TPSA) is 99.3 Å². The van der Waals surface area contributed by atoms with Crippen molar-refractivity contribution in [1.29, 1.82) is 0 Å². The maximum Gasteiger partial charge on any atom is 0.278 e. The molecule has 0 radical (unpaired) electrons. The van der Waals surface area contributed by atoms with Crippen molar-refractivity contribution in [2.24, 2.45) is 5.16 Å². The van der Waals surface area contributed by atoms with Gasteiger partial charge in [0, 0.05) is 41.1 Å². The van der Waals surface area contributed by atoms with Crippen molar-refractivity contribution in [2.75, 3.05) is 32.7 Å². The number of nitrogens with zero attached hydrogens (tertiary/aromatic N) is 4. The Bertz CT molecular complexity index is 881. The van der Waals surface area contributed by atoms with Crippen LogP contribution in [-0.2, 0) is 4.79 Å². The molecular weight excluding hydrogens is 431 g/mol. The quantitative estimate of drug-likeness (QED) is 0.314. The number of piperazine rings is 1. The number of amides is 1. The molecular formula is C20H20Cl2N4O4. The molecule has 0 atom stereocenters. The van der Waals surface area contributed by atoms with Gasteiger partial charge in [0.2, 0.25) is 5.71 Å². The zero-order valence-electron chi connectivity index (χ0n) is 15.9. The summed E-state index contributed by atoms with van der Waals surface area (Å²) in [4.78, 5) is 26.1. The molecule has 8 nitrogen and oxygen atoms in total. The molecule has 0 saturated carbocycles. The Morgan fingerprint density at radius 2 is 1.47 bits per heavy atom. The van der Waals surface area contributed by atoms with Gasteiger partial charge in [-0.15, -0.1) is 0 Å². The van der Waals surface area contributed by atoms with Crippen molar-refractivity contribution in [1.82, 2.24) is 9.80 Å². The smallest absolute Gasteiger partial charge is 0.278 e. The van der Waals surface area contributed by atoms with E-state index in [4.69, 9.17) is 28.4 Å². The summed E-state index contributed by atoms with van der Waals surface area (Å²) in [6.45, 7) is 0.978. The van der Waals surface area contributed by atoms with Gasteiger partial charge in [-0.3, -0.25) is 19.8 Å². The van der Waals surface area contributed by atoms with Gasteiger partial charge in [-0.25, -0.2) is 0 Å². The highest BCUT2D eigenvalue weighted by Crippen LogP contribution is 2.31. The molecule has 0 aliphatic carbocycles. The Balaban J connectivity index is 1.78. The normalized spacial score (nSPS) is 15.4. The minimum Gasteiger partial charge on any atom is -0.410 e. The molecule has 30 heavy (non-hydrogen) atoms. The second-order valence-electron chi connectivity index (χ2n) is 6.87. The Morgan fingerprint density at radius 3 is 1.87 bits per heavy atom. The van der Waals surface area contributed by atoms with Crippen LogP contribution in [0.15, 0.2) is 53.7 Å². The van der Waals surface area contributed by atoms with E-state index in [1.165, 1.54) is 4.90 Å². The van der Waals surface area contributed by atoms with E-state index >= 15 is 0 Å². The first kappa shape index (κ1) is 22.0. The highest BCUT2D eigenvalue weighted by atomic mass is 35.5. The van der Waals surface area contributed by atoms with Gasteiger partial charge in [-0.2, -0.15) is 0 Å². The Labute approximate surface area is 183 Å². The molecule has 2 aromatic carbocycles. The summed E-state index contributed by atoms with van der Waals surface area (Å²) in [6.07, 6.45) is 0. The van der Waals surface area contributed by atoms with Crippen molar-refractivity contribution in [3.8, 4) is 0 Å². The zero-order chi connectivity index (χ0) is 21.7. The number of rotatable bonds is 6. The van der Waals surface area contributed by atoms with E-state index in [0.29, 0.717) is 36.2 Å². The van der Waals surface area contributed by atoms with E-state index in [-0.39, 0.29) is 6.04 Å². The molecule has 1 heterocycles. The summed E-state index contributed by atoms with van der Waals surface area (Å²) in [5.41, 5.74) is 1.63. The summed E-state index contributed by atoms with van der Waals surface area (Å²) in [5, 5.41) is 23.7. The minimum absolute atomic E-state index is 0.0680. The lowest BCUT2D eigenvalue weighted by Gasteiger charge is -2.39. The number of hydrogen-bond acceptors (Lipinski definition) is 6. The maximum atomic E-state index is 12.4. The lowest BCUT2D eigenvalue weighted by molar-refractivity contribution is -0.463. The molecule has 1 aliphatic heterocycles. The van der Waals surface area contributed by atoms with Crippen LogP contribution in [0.4, 0.5) is 0 Å². The average Bonchev–Trinajstić information content (AvgIpc) is 2.75. The van der Waals surface area contributed by atoms with Gasteiger partial charge in [-0.1, -0.05) is 52.6 Å². The SMILES string of the molecule is O=C(C(C[N+](=O)[O-])=NO)N1CCN(C(c2ccc(Cl)cc2)c2ccc(Cl)cc2)CC1. The van der Waals surface area contributed by atoms with Gasteiger partial charge in [0.25, 0.3) is 12.5 Å². The molecule has 1 saturated heterocycles. The van der Waals surface area contributed by atoms with Crippen LogP contribution in [0.5, 0.6) is 0 Å². The van der Waals surface area contributed by atoms with Crippen molar-refractivity contribution in [3.63, 3.8) is 0 Å². The van der Waals surface area contributed by atoms with Gasteiger partial charge in [0.1, 0.15) is 0 Å². The molecule has 1 fully saturated rings. The van der Waals surface area contributed by atoms with E-state index in [0.717, 1.165) is 11.1 Å². The lowest BCUT2D eigenvalue weighted by atomic mass is 9.96. The van der Waals surface area contributed by atoms with Gasteiger partial charge < -0.3 is 10.1 Å². The van der Waals surface area contributed by atoms with E-state index in [1.54, 1.807) is 0 Å². The summed E-state index contributed by atoms with van der Waals surface area (Å²) >= 11 is 12.1. The largest absolute Gasteiger partial charge is 0.410 e. The first-order chi connectivity index (χ1) is 14.4. The van der Waals surface area contributed by atoms with Crippen molar-refractivity contribution >= 4 is 34.8 Å². The van der Waals surface area contributed by atoms with Gasteiger partial charge in [-0.05, 0) is 35.4 Å². The summed E-state index contributed by atoms with van der Waals surface area (Å²) in [6, 6.07) is 15.1. The third-order valence-electron chi connectivity index (χ3n) is 4.98. The fraction of sp³-hybridized carbons (Fsp3) is 0.300. The number of carbonyl (C=O) groups excluding carboxylic acids is 1. The van der Waals surface area contributed by atoms with Crippen LogP contribution in [-0.4, -0.2) is 64.3 Å². The molecule has 0 bridgehead atoms. The van der Waals surface area contributed by atoms with Gasteiger partial charge in [0.15, 0.2) is 0 Å². The first-order valence-electron chi connectivity index (χ1n) is 9.26. The number of carbonyl (C=O) groups is 1. The Hall–Kier alpha value is -2.68. The molecule has 1 amide bonds. The van der Waals surface area contributed by atoms with E-state index in [2.05, 4.69) is 10.1 Å². The van der Waals surface area contributed by atoms with Crippen molar-refractivity contribution in [2.45, 2.75) is 6.04 Å². The number of halogens is 2. The molecule has 0 unspecified atom stereocenters. The summed E-state index contributed by atoms with van der Waals surface area (Å²) in [7, 11) is 0. The van der Waals surface area contributed by atoms with Crippen molar-refractivity contribution in [3.05, 3.63) is 79.8 Å². The van der Waals surface area contributed by atoms with Gasteiger partial charge >= 0.3 is 0 Å². The predicted octanol–water partition coefficient (Wildman–Crippen LogP) is 3.33. The first-order valence-corrected chi connectivity index (χ1v) is 10.0. The van der Waals surface area contributed by atoms with Crippen molar-refractivity contribution < 1.29 is 14.9 Å². The molecule has 158 valence electrons. The van der Waals surface area contributed by atoms with E-state index in [9.17, 15) is 14.9 Å². The molecule has 0 spiro atoms. The summed E-state index contributed by atoms with van der Waals surface area (Å²) in [5.74, 6) is -0.622. The Morgan fingerprint density at radius 1 is 1.00 bits per heavy atom. The lowest BCUT2D eigenvalue weighted by Crippen LogP contribution is -2.52. The van der Waals surface area contributed by atoms with Gasteiger partial charge in [0.05, 0.1) is 6.04 Å². The molecule has 1 N–H and O–H groups in total. The van der Waals surface area contributed by atoms with Crippen LogP contribution in [0.3, 0.4) is 0 Å². The number of oxime groups is 1. The second kappa shape index (κ2) is 9.88. The third kappa shape index (κ3) is 5.27. The monoisotopic (exact) mass is 450 g/mol. The Kier molecular flexibility index (Phi) is 7.25. The van der Waals surface area contributed by atoms with Crippen LogP contribution in [0.25, 0.3) is 0 Å². The fourth-order valence-corrected chi connectivity index (χ4v) is 3.79. The van der Waals surface area contributed by atoms with Crippen LogP contribution in [0.1, 0.15) is 17.2 Å². The fourth-order valence-electron chi connectivity index (χ4n) is 3.53. The van der Waals surface area contributed by atoms with E-state index < -0.39 is 23.1 Å². The highest BCUT2D eigenvalue weighted by Gasteiger charge is 2.31. The number of nitro groups is 1. The minimum atomic E-state index is -0.812. The average molecular weight is 451 g/mol. The predicted molar refractivity (Wildman–Crippen MR) is 114 cm³/mol. The molecule has 10 heteroatoms. The molecule has 2 aromatic rings. The van der Waals surface area contributed by atoms with Crippen LogP contribution in [0.2, 0.25) is 10.0 Å². The number of benzene rings is 2. The number of hydrogen-bond donors (Lipinski definition) is 1. The second-order valence-corrected chi connectivity index (χ2v) is 7.74. The van der Waals surface area contributed by atoms with E-state index in [1.807, 2.05) is 48.5 Å². The molecule has 3 rings (SSSR count). The maximum absolute atomic E-state index is 12.4. The molecule has 1 aliphatic rings. The molecule has 0 aromatic heterocycles. The van der Waals surface area contributed by atoms with Crippen LogP contribution >= 0.6 is 23.2 Å².